The Bertz CT molecular complexity index is 471. The van der Waals surface area contributed by atoms with Crippen LogP contribution in [-0.2, 0) is 0 Å². The fraction of sp³-hybridized carbons (Fsp3) is 0.533. The van der Waals surface area contributed by atoms with Crippen molar-refractivity contribution >= 4 is 21.6 Å². The van der Waals surface area contributed by atoms with E-state index >= 15 is 0 Å². The van der Waals surface area contributed by atoms with Crippen LogP contribution in [0.3, 0.4) is 0 Å². The summed E-state index contributed by atoms with van der Waals surface area (Å²) in [5.74, 6) is 0.730. The first-order valence-electron chi connectivity index (χ1n) is 6.77. The lowest BCUT2D eigenvalue weighted by Crippen LogP contribution is -2.47. The van der Waals surface area contributed by atoms with Crippen LogP contribution in [0.4, 0.5) is 5.69 Å². The van der Waals surface area contributed by atoms with E-state index in [1.807, 2.05) is 18.2 Å². The molecule has 1 aromatic carbocycles. The molecule has 0 saturated carbocycles. The van der Waals surface area contributed by atoms with E-state index in [1.54, 1.807) is 0 Å². The van der Waals surface area contributed by atoms with Crippen LogP contribution in [-0.4, -0.2) is 37.6 Å². The number of hydrogen-bond acceptors (Lipinski definition) is 3. The monoisotopic (exact) mass is 321 g/mol. The predicted octanol–water partition coefficient (Wildman–Crippen LogP) is 3.10. The van der Waals surface area contributed by atoms with Gasteiger partial charge in [0.05, 0.1) is 17.3 Å². The number of halogens is 1. The summed E-state index contributed by atoms with van der Waals surface area (Å²) < 4.78 is 1.02. The van der Waals surface area contributed by atoms with Gasteiger partial charge < -0.3 is 4.90 Å². The summed E-state index contributed by atoms with van der Waals surface area (Å²) in [4.78, 5) is 4.92. The van der Waals surface area contributed by atoms with Gasteiger partial charge in [-0.3, -0.25) is 4.90 Å². The van der Waals surface area contributed by atoms with E-state index in [4.69, 9.17) is 5.26 Å². The molecule has 0 atom stereocenters. The number of rotatable bonds is 3. The third-order valence-electron chi connectivity index (χ3n) is 3.41. The fourth-order valence-electron chi connectivity index (χ4n) is 2.52. The first kappa shape index (κ1) is 14.4. The molecule has 1 fully saturated rings. The third-order valence-corrected chi connectivity index (χ3v) is 4.05. The van der Waals surface area contributed by atoms with Gasteiger partial charge in [0.1, 0.15) is 0 Å². The molecule has 3 nitrogen and oxygen atoms in total. The zero-order chi connectivity index (χ0) is 13.8. The molecule has 0 aromatic heterocycles. The van der Waals surface area contributed by atoms with Gasteiger partial charge in [0.2, 0.25) is 0 Å². The summed E-state index contributed by atoms with van der Waals surface area (Å²) in [6.07, 6.45) is 0. The number of nitriles is 1. The minimum atomic E-state index is 0.703. The van der Waals surface area contributed by atoms with Crippen LogP contribution in [0.2, 0.25) is 0 Å². The Kier molecular flexibility index (Phi) is 4.84. The molecular weight excluding hydrogens is 302 g/mol. The van der Waals surface area contributed by atoms with Crippen molar-refractivity contribution in [3.05, 3.63) is 28.2 Å². The van der Waals surface area contributed by atoms with Crippen LogP contribution in [0.1, 0.15) is 19.4 Å². The standard InChI is InChI=1S/C15H20BrN3/c1-12(2)11-18-5-7-19(8-6-18)15-4-3-13(10-17)9-14(15)16/h3-4,9,12H,5-8,11H2,1-2H3. The van der Waals surface area contributed by atoms with Crippen molar-refractivity contribution in [2.24, 2.45) is 5.92 Å². The van der Waals surface area contributed by atoms with Crippen molar-refractivity contribution in [2.45, 2.75) is 13.8 Å². The minimum Gasteiger partial charge on any atom is -0.368 e. The largest absolute Gasteiger partial charge is 0.368 e. The Morgan fingerprint density at radius 3 is 2.47 bits per heavy atom. The third kappa shape index (κ3) is 3.71. The lowest BCUT2D eigenvalue weighted by atomic mass is 10.1. The van der Waals surface area contributed by atoms with Gasteiger partial charge >= 0.3 is 0 Å². The maximum Gasteiger partial charge on any atom is 0.0992 e. The smallest absolute Gasteiger partial charge is 0.0992 e. The topological polar surface area (TPSA) is 30.3 Å². The van der Waals surface area contributed by atoms with E-state index in [2.05, 4.69) is 45.6 Å². The van der Waals surface area contributed by atoms with Crippen molar-refractivity contribution in [3.8, 4) is 6.07 Å². The van der Waals surface area contributed by atoms with E-state index in [-0.39, 0.29) is 0 Å². The molecule has 0 amide bonds. The molecule has 1 aliphatic heterocycles. The SMILES string of the molecule is CC(C)CN1CCN(c2ccc(C#N)cc2Br)CC1. The molecule has 19 heavy (non-hydrogen) atoms. The maximum absolute atomic E-state index is 8.89. The number of piperazine rings is 1. The molecule has 1 heterocycles. The van der Waals surface area contributed by atoms with Crippen LogP contribution in [0, 0.1) is 17.2 Å². The van der Waals surface area contributed by atoms with Crippen LogP contribution < -0.4 is 4.90 Å². The van der Waals surface area contributed by atoms with Crippen LogP contribution in [0.25, 0.3) is 0 Å². The van der Waals surface area contributed by atoms with Gasteiger partial charge in [-0.15, -0.1) is 0 Å². The Morgan fingerprint density at radius 1 is 1.26 bits per heavy atom. The quantitative estimate of drug-likeness (QED) is 0.857. The lowest BCUT2D eigenvalue weighted by Gasteiger charge is -2.37. The second-order valence-electron chi connectivity index (χ2n) is 5.46. The zero-order valence-corrected chi connectivity index (χ0v) is 13.2. The number of benzene rings is 1. The van der Waals surface area contributed by atoms with Gasteiger partial charge in [-0.1, -0.05) is 13.8 Å². The van der Waals surface area contributed by atoms with Crippen molar-refractivity contribution in [1.82, 2.24) is 4.90 Å². The average molecular weight is 322 g/mol. The number of nitrogens with zero attached hydrogens (tertiary/aromatic N) is 3. The Hall–Kier alpha value is -1.05. The normalized spacial score (nSPS) is 16.7. The predicted molar refractivity (Wildman–Crippen MR) is 82.3 cm³/mol. The molecule has 4 heteroatoms. The average Bonchev–Trinajstić information content (AvgIpc) is 2.39. The summed E-state index contributed by atoms with van der Waals surface area (Å²) >= 11 is 3.57. The molecule has 0 N–H and O–H groups in total. The van der Waals surface area contributed by atoms with Crippen molar-refractivity contribution in [2.75, 3.05) is 37.6 Å². The highest BCUT2D eigenvalue weighted by Gasteiger charge is 2.19. The first-order chi connectivity index (χ1) is 9.10. The molecule has 0 spiro atoms. The fourth-order valence-corrected chi connectivity index (χ4v) is 3.15. The zero-order valence-electron chi connectivity index (χ0n) is 11.6. The lowest BCUT2D eigenvalue weighted by molar-refractivity contribution is 0.231. The second kappa shape index (κ2) is 6.40. The number of anilines is 1. The highest BCUT2D eigenvalue weighted by Crippen LogP contribution is 2.28. The van der Waals surface area contributed by atoms with E-state index in [0.717, 1.165) is 36.6 Å². The highest BCUT2D eigenvalue weighted by atomic mass is 79.9. The Balaban J connectivity index is 2.00. The Morgan fingerprint density at radius 2 is 1.95 bits per heavy atom. The summed E-state index contributed by atoms with van der Waals surface area (Å²) in [5, 5.41) is 8.89. The van der Waals surface area contributed by atoms with Crippen molar-refractivity contribution in [1.29, 1.82) is 5.26 Å². The van der Waals surface area contributed by atoms with Gasteiger partial charge in [0.25, 0.3) is 0 Å². The Labute approximate surface area is 123 Å². The van der Waals surface area contributed by atoms with Crippen LogP contribution in [0.5, 0.6) is 0 Å². The van der Waals surface area contributed by atoms with Crippen molar-refractivity contribution < 1.29 is 0 Å². The van der Waals surface area contributed by atoms with E-state index < -0.39 is 0 Å². The first-order valence-corrected chi connectivity index (χ1v) is 7.56. The van der Waals surface area contributed by atoms with Gasteiger partial charge in [-0.05, 0) is 40.0 Å². The highest BCUT2D eigenvalue weighted by molar-refractivity contribution is 9.10. The minimum absolute atomic E-state index is 0.703. The second-order valence-corrected chi connectivity index (χ2v) is 6.31. The van der Waals surface area contributed by atoms with E-state index in [1.165, 1.54) is 12.2 Å². The molecule has 0 unspecified atom stereocenters. The molecule has 0 aliphatic carbocycles. The van der Waals surface area contributed by atoms with Gasteiger partial charge in [0.15, 0.2) is 0 Å². The van der Waals surface area contributed by atoms with Gasteiger partial charge in [0, 0.05) is 37.2 Å². The molecule has 1 aliphatic rings. The molecule has 2 rings (SSSR count). The van der Waals surface area contributed by atoms with Crippen molar-refractivity contribution in [3.63, 3.8) is 0 Å². The molecular formula is C15H20BrN3. The van der Waals surface area contributed by atoms with E-state index in [0.29, 0.717) is 5.56 Å². The summed E-state index contributed by atoms with van der Waals surface area (Å²) in [7, 11) is 0. The van der Waals surface area contributed by atoms with Crippen LogP contribution in [0.15, 0.2) is 22.7 Å². The molecule has 1 saturated heterocycles. The molecule has 102 valence electrons. The van der Waals surface area contributed by atoms with E-state index in [9.17, 15) is 0 Å². The maximum atomic E-state index is 8.89. The summed E-state index contributed by atoms with van der Waals surface area (Å²) in [5.41, 5.74) is 1.90. The summed E-state index contributed by atoms with van der Waals surface area (Å²) in [6, 6.07) is 8.00. The van der Waals surface area contributed by atoms with Gasteiger partial charge in [-0.25, -0.2) is 0 Å². The molecule has 0 bridgehead atoms. The molecule has 1 aromatic rings. The summed E-state index contributed by atoms with van der Waals surface area (Å²) in [6.45, 7) is 10.1. The van der Waals surface area contributed by atoms with Gasteiger partial charge in [-0.2, -0.15) is 5.26 Å². The van der Waals surface area contributed by atoms with Crippen LogP contribution >= 0.6 is 15.9 Å². The number of hydrogen-bond donors (Lipinski definition) is 0. The molecule has 0 radical (unpaired) electrons.